The molecular formula is C18H20N2. The normalized spacial score (nSPS) is 19.0. The lowest BCUT2D eigenvalue weighted by atomic mass is 9.92. The van der Waals surface area contributed by atoms with Gasteiger partial charge < -0.3 is 4.57 Å². The van der Waals surface area contributed by atoms with Crippen LogP contribution in [0, 0.1) is 11.3 Å². The van der Waals surface area contributed by atoms with Gasteiger partial charge in [0, 0.05) is 17.1 Å². The Kier molecular flexibility index (Phi) is 2.63. The molecule has 2 nitrogen and oxygen atoms in total. The first-order valence-corrected chi connectivity index (χ1v) is 7.90. The lowest BCUT2D eigenvalue weighted by Gasteiger charge is -2.30. The van der Waals surface area contributed by atoms with E-state index in [2.05, 4.69) is 35.8 Å². The highest BCUT2D eigenvalue weighted by Gasteiger charge is 2.28. The fraction of sp³-hybridized carbons (Fsp3) is 0.500. The minimum Gasteiger partial charge on any atom is -0.340 e. The van der Waals surface area contributed by atoms with Crippen LogP contribution in [0.25, 0.3) is 10.9 Å². The van der Waals surface area contributed by atoms with Crippen molar-refractivity contribution in [3.8, 4) is 6.07 Å². The third-order valence-corrected chi connectivity index (χ3v) is 5.07. The van der Waals surface area contributed by atoms with Crippen LogP contribution in [0.3, 0.4) is 0 Å². The molecule has 0 unspecified atom stereocenters. The topological polar surface area (TPSA) is 28.7 Å². The molecule has 0 amide bonds. The molecule has 2 heteroatoms. The highest BCUT2D eigenvalue weighted by molar-refractivity contribution is 5.89. The Morgan fingerprint density at radius 1 is 1.25 bits per heavy atom. The van der Waals surface area contributed by atoms with Crippen molar-refractivity contribution >= 4 is 10.9 Å². The van der Waals surface area contributed by atoms with Gasteiger partial charge in [0.25, 0.3) is 0 Å². The Morgan fingerprint density at radius 2 is 2.05 bits per heavy atom. The van der Waals surface area contributed by atoms with Crippen molar-refractivity contribution in [1.29, 1.82) is 5.26 Å². The third-order valence-electron chi connectivity index (χ3n) is 5.07. The first-order valence-electron chi connectivity index (χ1n) is 7.90. The summed E-state index contributed by atoms with van der Waals surface area (Å²) in [5.74, 6) is 0.778. The van der Waals surface area contributed by atoms with Crippen molar-refractivity contribution in [3.05, 3.63) is 35.0 Å². The molecule has 2 fully saturated rings. The van der Waals surface area contributed by atoms with Gasteiger partial charge in [0.15, 0.2) is 0 Å². The molecule has 0 atom stereocenters. The zero-order valence-corrected chi connectivity index (χ0v) is 12.0. The third kappa shape index (κ3) is 1.62. The second-order valence-corrected chi connectivity index (χ2v) is 6.29. The molecule has 4 rings (SSSR count). The van der Waals surface area contributed by atoms with E-state index in [1.165, 1.54) is 54.3 Å². The summed E-state index contributed by atoms with van der Waals surface area (Å²) in [5, 5.41) is 10.7. The van der Waals surface area contributed by atoms with E-state index in [-0.39, 0.29) is 0 Å². The zero-order valence-electron chi connectivity index (χ0n) is 12.0. The van der Waals surface area contributed by atoms with Crippen LogP contribution in [0.2, 0.25) is 0 Å². The van der Waals surface area contributed by atoms with Crippen LogP contribution < -0.4 is 0 Å². The van der Waals surface area contributed by atoms with E-state index in [1.54, 1.807) is 0 Å². The minimum absolute atomic E-state index is 0.629. The van der Waals surface area contributed by atoms with Gasteiger partial charge in [0.05, 0.1) is 11.1 Å². The van der Waals surface area contributed by atoms with Gasteiger partial charge in [0.1, 0.15) is 6.07 Å². The summed E-state index contributed by atoms with van der Waals surface area (Å²) in [6.07, 6.45) is 7.50. The SMILES string of the molecule is CCc1c(C#N)c2ccc(C3CC3)cc2n1C1CCC1. The number of nitrogens with zero attached hydrogens (tertiary/aromatic N) is 2. The highest BCUT2D eigenvalue weighted by atomic mass is 15.0. The average Bonchev–Trinajstić information content (AvgIpc) is 3.21. The summed E-state index contributed by atoms with van der Waals surface area (Å²) in [4.78, 5) is 0. The van der Waals surface area contributed by atoms with Gasteiger partial charge in [-0.05, 0) is 56.1 Å². The molecule has 2 aliphatic carbocycles. The number of rotatable bonds is 3. The fourth-order valence-corrected chi connectivity index (χ4v) is 3.59. The van der Waals surface area contributed by atoms with Crippen molar-refractivity contribution < 1.29 is 0 Å². The smallest absolute Gasteiger partial charge is 0.102 e. The van der Waals surface area contributed by atoms with E-state index >= 15 is 0 Å². The molecule has 2 aromatic rings. The molecule has 1 heterocycles. The van der Waals surface area contributed by atoms with Crippen molar-refractivity contribution in [2.75, 3.05) is 0 Å². The van der Waals surface area contributed by atoms with Gasteiger partial charge in [-0.2, -0.15) is 5.26 Å². The zero-order chi connectivity index (χ0) is 13.7. The lowest BCUT2D eigenvalue weighted by Crippen LogP contribution is -2.19. The molecule has 2 saturated carbocycles. The fourth-order valence-electron chi connectivity index (χ4n) is 3.59. The summed E-state index contributed by atoms with van der Waals surface area (Å²) < 4.78 is 2.49. The molecule has 102 valence electrons. The first kappa shape index (κ1) is 12.0. The molecule has 0 saturated heterocycles. The van der Waals surface area contributed by atoms with Crippen molar-refractivity contribution in [2.24, 2.45) is 0 Å². The number of nitriles is 1. The Hall–Kier alpha value is -1.75. The van der Waals surface area contributed by atoms with Gasteiger partial charge >= 0.3 is 0 Å². The predicted octanol–water partition coefficient (Wildman–Crippen LogP) is 4.68. The summed E-state index contributed by atoms with van der Waals surface area (Å²) >= 11 is 0. The van der Waals surface area contributed by atoms with Crippen LogP contribution in [-0.4, -0.2) is 4.57 Å². The number of benzene rings is 1. The van der Waals surface area contributed by atoms with E-state index < -0.39 is 0 Å². The van der Waals surface area contributed by atoms with Crippen LogP contribution in [0.5, 0.6) is 0 Å². The Labute approximate surface area is 120 Å². The second kappa shape index (κ2) is 4.38. The minimum atomic E-state index is 0.629. The predicted molar refractivity (Wildman–Crippen MR) is 80.9 cm³/mol. The van der Waals surface area contributed by atoms with Gasteiger partial charge in [-0.15, -0.1) is 0 Å². The molecule has 1 aromatic carbocycles. The maximum absolute atomic E-state index is 9.56. The quantitative estimate of drug-likeness (QED) is 0.791. The average molecular weight is 264 g/mol. The molecule has 0 aliphatic heterocycles. The van der Waals surface area contributed by atoms with Crippen molar-refractivity contribution in [1.82, 2.24) is 4.57 Å². The van der Waals surface area contributed by atoms with E-state index in [0.29, 0.717) is 6.04 Å². The van der Waals surface area contributed by atoms with Crippen molar-refractivity contribution in [2.45, 2.75) is 57.4 Å². The van der Waals surface area contributed by atoms with Crippen LogP contribution >= 0.6 is 0 Å². The Bertz CT molecular complexity index is 709. The van der Waals surface area contributed by atoms with Gasteiger partial charge in [-0.25, -0.2) is 0 Å². The molecule has 20 heavy (non-hydrogen) atoms. The van der Waals surface area contributed by atoms with Crippen LogP contribution in [0.4, 0.5) is 0 Å². The van der Waals surface area contributed by atoms with E-state index in [4.69, 9.17) is 0 Å². The van der Waals surface area contributed by atoms with Crippen molar-refractivity contribution in [3.63, 3.8) is 0 Å². The van der Waals surface area contributed by atoms with E-state index in [1.807, 2.05) is 0 Å². The molecule has 0 radical (unpaired) electrons. The maximum atomic E-state index is 9.56. The summed E-state index contributed by atoms with van der Waals surface area (Å²) in [6.45, 7) is 2.17. The number of hydrogen-bond acceptors (Lipinski definition) is 1. The molecule has 0 bridgehead atoms. The second-order valence-electron chi connectivity index (χ2n) is 6.29. The van der Waals surface area contributed by atoms with Crippen LogP contribution in [-0.2, 0) is 6.42 Å². The first-order chi connectivity index (χ1) is 9.83. The largest absolute Gasteiger partial charge is 0.340 e. The standard InChI is InChI=1S/C18H20N2/c1-2-17-16(11-19)15-9-8-13(12-6-7-12)10-18(15)20(17)14-4-3-5-14/h8-10,12,14H,2-7H2,1H3. The summed E-state index contributed by atoms with van der Waals surface area (Å²) in [7, 11) is 0. The Balaban J connectivity index is 1.99. The molecule has 1 aromatic heterocycles. The number of aromatic nitrogens is 1. The number of fused-ring (bicyclic) bond motifs is 1. The number of hydrogen-bond donors (Lipinski definition) is 0. The van der Waals surface area contributed by atoms with Gasteiger partial charge in [-0.3, -0.25) is 0 Å². The van der Waals surface area contributed by atoms with Crippen LogP contribution in [0.1, 0.15) is 67.8 Å². The highest BCUT2D eigenvalue weighted by Crippen LogP contribution is 2.43. The lowest BCUT2D eigenvalue weighted by molar-refractivity contribution is 0.315. The van der Waals surface area contributed by atoms with Gasteiger partial charge in [-0.1, -0.05) is 19.1 Å². The van der Waals surface area contributed by atoms with E-state index in [0.717, 1.165) is 17.9 Å². The maximum Gasteiger partial charge on any atom is 0.102 e. The molecule has 0 N–H and O–H groups in total. The monoisotopic (exact) mass is 264 g/mol. The Morgan fingerprint density at radius 3 is 2.60 bits per heavy atom. The molecule has 0 spiro atoms. The molecule has 2 aliphatic rings. The van der Waals surface area contributed by atoms with E-state index in [9.17, 15) is 5.26 Å². The summed E-state index contributed by atoms with van der Waals surface area (Å²) in [5.41, 5.74) is 4.95. The summed E-state index contributed by atoms with van der Waals surface area (Å²) in [6, 6.07) is 9.88. The molecular weight excluding hydrogens is 244 g/mol. The van der Waals surface area contributed by atoms with Crippen LogP contribution in [0.15, 0.2) is 18.2 Å². The van der Waals surface area contributed by atoms with Gasteiger partial charge in [0.2, 0.25) is 0 Å².